The molecule has 148 valence electrons. The summed E-state index contributed by atoms with van der Waals surface area (Å²) in [5.74, 6) is -0.212. The van der Waals surface area contributed by atoms with Crippen LogP contribution in [0, 0.1) is 0 Å². The summed E-state index contributed by atoms with van der Waals surface area (Å²) in [6.07, 6.45) is 2.31. The molecule has 1 aliphatic rings. The molecule has 0 saturated carbocycles. The molecule has 1 aliphatic heterocycles. The number of likely N-dealkylation sites (tertiary alicyclic amines) is 1. The largest absolute Gasteiger partial charge is 0.343 e. The van der Waals surface area contributed by atoms with Gasteiger partial charge in [-0.25, -0.2) is 0 Å². The standard InChI is InChI=1S/C22H26NO4P/c1-3-26-28(25,27-4-2)21-16-20(15-18-11-7-5-8-12-18)23(22(21)24)17-19-13-9-6-10-14-19/h5-15,21H,3-4,16-17H2,1-2H3/b20-15+. The fourth-order valence-electron chi connectivity index (χ4n) is 3.37. The van der Waals surface area contributed by atoms with E-state index >= 15 is 0 Å². The van der Waals surface area contributed by atoms with Crippen LogP contribution < -0.4 is 0 Å². The number of allylic oxidation sites excluding steroid dienone is 1. The van der Waals surface area contributed by atoms with E-state index in [1.54, 1.807) is 18.7 Å². The highest BCUT2D eigenvalue weighted by atomic mass is 31.2. The minimum atomic E-state index is -3.54. The maximum Gasteiger partial charge on any atom is 0.343 e. The van der Waals surface area contributed by atoms with Gasteiger partial charge in [-0.3, -0.25) is 9.36 Å². The van der Waals surface area contributed by atoms with E-state index in [0.29, 0.717) is 13.0 Å². The van der Waals surface area contributed by atoms with E-state index in [1.165, 1.54) is 0 Å². The van der Waals surface area contributed by atoms with Crippen molar-refractivity contribution in [1.29, 1.82) is 0 Å². The fraction of sp³-hybridized carbons (Fsp3) is 0.318. The average Bonchev–Trinajstić information content (AvgIpc) is 3.00. The van der Waals surface area contributed by atoms with Crippen molar-refractivity contribution in [3.8, 4) is 0 Å². The Bertz CT molecular complexity index is 857. The Morgan fingerprint density at radius 3 is 2.14 bits per heavy atom. The normalized spacial score (nSPS) is 18.8. The molecule has 1 atom stereocenters. The summed E-state index contributed by atoms with van der Waals surface area (Å²) in [5, 5.41) is 0. The Morgan fingerprint density at radius 1 is 1.00 bits per heavy atom. The number of rotatable bonds is 8. The highest BCUT2D eigenvalue weighted by Gasteiger charge is 2.49. The first kappa shape index (κ1) is 20.5. The van der Waals surface area contributed by atoms with Crippen LogP contribution in [-0.2, 0) is 25.0 Å². The van der Waals surface area contributed by atoms with Gasteiger partial charge in [0.2, 0.25) is 5.91 Å². The number of carbonyl (C=O) groups excluding carboxylic acids is 1. The van der Waals surface area contributed by atoms with Crippen molar-refractivity contribution in [1.82, 2.24) is 4.90 Å². The van der Waals surface area contributed by atoms with Crippen LogP contribution in [0.1, 0.15) is 31.4 Å². The molecule has 2 aromatic rings. The summed E-state index contributed by atoms with van der Waals surface area (Å²) < 4.78 is 24.3. The molecule has 0 bridgehead atoms. The molecular formula is C22H26NO4P. The van der Waals surface area contributed by atoms with Crippen LogP contribution in [-0.4, -0.2) is 29.7 Å². The molecule has 3 rings (SSSR count). The van der Waals surface area contributed by atoms with Crippen LogP contribution in [0.25, 0.3) is 6.08 Å². The summed E-state index contributed by atoms with van der Waals surface area (Å²) in [6, 6.07) is 19.6. The van der Waals surface area contributed by atoms with E-state index in [2.05, 4.69) is 0 Å². The number of hydrogen-bond donors (Lipinski definition) is 0. The van der Waals surface area contributed by atoms with E-state index in [-0.39, 0.29) is 19.1 Å². The molecule has 1 amide bonds. The van der Waals surface area contributed by atoms with Crippen LogP contribution in [0.4, 0.5) is 0 Å². The molecule has 6 heteroatoms. The van der Waals surface area contributed by atoms with Gasteiger partial charge in [0.25, 0.3) is 0 Å². The Kier molecular flexibility index (Phi) is 6.84. The van der Waals surface area contributed by atoms with Gasteiger partial charge in [0, 0.05) is 12.1 Å². The lowest BCUT2D eigenvalue weighted by Crippen LogP contribution is -2.29. The minimum absolute atomic E-state index is 0.212. The lowest BCUT2D eigenvalue weighted by molar-refractivity contribution is -0.127. The Morgan fingerprint density at radius 2 is 1.57 bits per heavy atom. The van der Waals surface area contributed by atoms with Crippen molar-refractivity contribution >= 4 is 19.6 Å². The van der Waals surface area contributed by atoms with Gasteiger partial charge in [-0.05, 0) is 31.1 Å². The van der Waals surface area contributed by atoms with E-state index in [9.17, 15) is 9.36 Å². The number of amides is 1. The predicted molar refractivity (Wildman–Crippen MR) is 111 cm³/mol. The molecule has 5 nitrogen and oxygen atoms in total. The second-order valence-corrected chi connectivity index (χ2v) is 8.77. The van der Waals surface area contributed by atoms with Gasteiger partial charge in [-0.2, -0.15) is 0 Å². The van der Waals surface area contributed by atoms with Crippen molar-refractivity contribution in [2.45, 2.75) is 32.5 Å². The topological polar surface area (TPSA) is 55.8 Å². The molecule has 2 aromatic carbocycles. The molecule has 28 heavy (non-hydrogen) atoms. The summed E-state index contributed by atoms with van der Waals surface area (Å²) in [4.78, 5) is 15.0. The van der Waals surface area contributed by atoms with E-state index < -0.39 is 13.3 Å². The van der Waals surface area contributed by atoms with Gasteiger partial charge in [-0.1, -0.05) is 60.7 Å². The van der Waals surface area contributed by atoms with Crippen LogP contribution in [0.2, 0.25) is 0 Å². The highest BCUT2D eigenvalue weighted by Crippen LogP contribution is 2.58. The minimum Gasteiger partial charge on any atom is -0.311 e. The highest BCUT2D eigenvalue weighted by molar-refractivity contribution is 7.55. The second-order valence-electron chi connectivity index (χ2n) is 6.55. The number of carbonyl (C=O) groups is 1. The van der Waals surface area contributed by atoms with Crippen molar-refractivity contribution < 1.29 is 18.4 Å². The lowest BCUT2D eigenvalue weighted by atomic mass is 10.1. The molecule has 1 heterocycles. The smallest absolute Gasteiger partial charge is 0.311 e. The van der Waals surface area contributed by atoms with Crippen molar-refractivity contribution in [3.63, 3.8) is 0 Å². The average molecular weight is 399 g/mol. The molecule has 0 N–H and O–H groups in total. The molecule has 0 radical (unpaired) electrons. The summed E-state index contributed by atoms with van der Waals surface area (Å²) in [7, 11) is -3.54. The Hall–Kier alpha value is -2.20. The van der Waals surface area contributed by atoms with Crippen molar-refractivity contribution in [2.75, 3.05) is 13.2 Å². The van der Waals surface area contributed by atoms with E-state index in [4.69, 9.17) is 9.05 Å². The van der Waals surface area contributed by atoms with Gasteiger partial charge >= 0.3 is 7.60 Å². The molecular weight excluding hydrogens is 373 g/mol. The van der Waals surface area contributed by atoms with Gasteiger partial charge in [0.05, 0.1) is 19.8 Å². The van der Waals surface area contributed by atoms with E-state index in [0.717, 1.165) is 16.8 Å². The zero-order valence-electron chi connectivity index (χ0n) is 16.3. The number of benzene rings is 2. The zero-order chi connectivity index (χ0) is 20.0. The third-order valence-corrected chi connectivity index (χ3v) is 7.02. The van der Waals surface area contributed by atoms with Crippen molar-refractivity contribution in [2.24, 2.45) is 0 Å². The molecule has 0 aliphatic carbocycles. The van der Waals surface area contributed by atoms with Gasteiger partial charge in [0.1, 0.15) is 5.66 Å². The first-order valence-corrected chi connectivity index (χ1v) is 11.2. The fourth-order valence-corrected chi connectivity index (χ4v) is 5.34. The predicted octanol–water partition coefficient (Wildman–Crippen LogP) is 5.09. The quantitative estimate of drug-likeness (QED) is 0.580. The Labute approximate surface area is 166 Å². The molecule has 1 unspecified atom stereocenters. The summed E-state index contributed by atoms with van der Waals surface area (Å²) in [6.45, 7) is 4.41. The van der Waals surface area contributed by atoms with Crippen LogP contribution in [0.5, 0.6) is 0 Å². The summed E-state index contributed by atoms with van der Waals surface area (Å²) >= 11 is 0. The zero-order valence-corrected chi connectivity index (χ0v) is 17.2. The van der Waals surface area contributed by atoms with Crippen LogP contribution in [0.15, 0.2) is 66.4 Å². The molecule has 1 fully saturated rings. The Balaban J connectivity index is 1.97. The van der Waals surface area contributed by atoms with E-state index in [1.807, 2.05) is 66.7 Å². The van der Waals surface area contributed by atoms with Crippen LogP contribution >= 0.6 is 7.60 Å². The van der Waals surface area contributed by atoms with Crippen molar-refractivity contribution in [3.05, 3.63) is 77.5 Å². The monoisotopic (exact) mass is 399 g/mol. The number of nitrogens with zero attached hydrogens (tertiary/aromatic N) is 1. The third-order valence-electron chi connectivity index (χ3n) is 4.62. The van der Waals surface area contributed by atoms with Crippen LogP contribution in [0.3, 0.4) is 0 Å². The van der Waals surface area contributed by atoms with Gasteiger partial charge in [0.15, 0.2) is 0 Å². The molecule has 0 spiro atoms. The summed E-state index contributed by atoms with van der Waals surface area (Å²) in [5.41, 5.74) is 2.01. The third kappa shape index (κ3) is 4.61. The molecule has 1 saturated heterocycles. The first-order chi connectivity index (χ1) is 13.6. The van der Waals surface area contributed by atoms with Gasteiger partial charge < -0.3 is 13.9 Å². The maximum atomic E-state index is 13.3. The molecule has 0 aromatic heterocycles. The number of hydrogen-bond acceptors (Lipinski definition) is 4. The lowest BCUT2D eigenvalue weighted by Gasteiger charge is -2.22. The second kappa shape index (κ2) is 9.33. The SMILES string of the molecule is CCOP(=O)(OCC)C1C/C(=C\c2ccccc2)N(Cc2ccccc2)C1=O. The maximum absolute atomic E-state index is 13.3. The first-order valence-electron chi connectivity index (χ1n) is 9.57. The van der Waals surface area contributed by atoms with Gasteiger partial charge in [-0.15, -0.1) is 0 Å².